The number of methoxy groups -OCH3 is 1. The highest BCUT2D eigenvalue weighted by molar-refractivity contribution is 5.85. The molecule has 5 heteroatoms. The van der Waals surface area contributed by atoms with Crippen molar-refractivity contribution in [2.75, 3.05) is 13.7 Å². The predicted octanol–water partition coefficient (Wildman–Crippen LogP) is 3.21. The van der Waals surface area contributed by atoms with E-state index in [1.807, 2.05) is 42.5 Å². The zero-order valence-corrected chi connectivity index (χ0v) is 12.0. The molecule has 0 aliphatic heterocycles. The van der Waals surface area contributed by atoms with Crippen molar-refractivity contribution in [1.29, 1.82) is 5.26 Å². The molecule has 0 unspecified atom stereocenters. The topological polar surface area (TPSA) is 68.0 Å². The van der Waals surface area contributed by atoms with Gasteiger partial charge < -0.3 is 9.47 Å². The average molecular weight is 291 g/mol. The number of benzene rings is 2. The van der Waals surface area contributed by atoms with Crippen LogP contribution in [0.15, 0.2) is 48.5 Å². The molecule has 0 radical (unpaired) electrons. The van der Waals surface area contributed by atoms with Crippen molar-refractivity contribution in [3.8, 4) is 29.1 Å². The zero-order chi connectivity index (χ0) is 15.4. The number of rotatable bonds is 4. The number of aromatic nitrogens is 2. The summed E-state index contributed by atoms with van der Waals surface area (Å²) in [6, 6.07) is 16.9. The van der Waals surface area contributed by atoms with Crippen molar-refractivity contribution in [1.82, 2.24) is 9.97 Å². The van der Waals surface area contributed by atoms with Crippen molar-refractivity contribution in [3.05, 3.63) is 48.5 Å². The zero-order valence-electron chi connectivity index (χ0n) is 12.0. The van der Waals surface area contributed by atoms with Crippen molar-refractivity contribution in [2.24, 2.45) is 0 Å². The molecule has 0 fully saturated rings. The van der Waals surface area contributed by atoms with E-state index in [-0.39, 0.29) is 6.61 Å². The number of nitriles is 1. The van der Waals surface area contributed by atoms with E-state index >= 15 is 0 Å². The number of ether oxygens (including phenoxy) is 2. The Bertz CT molecular complexity index is 839. The quantitative estimate of drug-likeness (QED) is 0.738. The van der Waals surface area contributed by atoms with E-state index in [1.54, 1.807) is 19.2 Å². The van der Waals surface area contributed by atoms with Crippen LogP contribution in [0.25, 0.3) is 22.3 Å². The minimum absolute atomic E-state index is 0.0274. The predicted molar refractivity (Wildman–Crippen MR) is 82.6 cm³/mol. The second kappa shape index (κ2) is 6.10. The summed E-state index contributed by atoms with van der Waals surface area (Å²) in [5.74, 6) is 1.77. The van der Waals surface area contributed by atoms with Gasteiger partial charge in [-0.25, -0.2) is 4.98 Å². The molecule has 0 aliphatic rings. The van der Waals surface area contributed by atoms with Crippen LogP contribution < -0.4 is 9.47 Å². The van der Waals surface area contributed by atoms with E-state index in [0.29, 0.717) is 17.5 Å². The van der Waals surface area contributed by atoms with Gasteiger partial charge in [-0.15, -0.1) is 0 Å². The maximum absolute atomic E-state index is 8.51. The molecular weight excluding hydrogens is 278 g/mol. The molecule has 3 aromatic rings. The van der Waals surface area contributed by atoms with Crippen LogP contribution >= 0.6 is 0 Å². The summed E-state index contributed by atoms with van der Waals surface area (Å²) >= 11 is 0. The van der Waals surface area contributed by atoms with Crippen molar-refractivity contribution in [3.63, 3.8) is 0 Å². The van der Waals surface area contributed by atoms with Crippen LogP contribution in [-0.4, -0.2) is 23.7 Å². The van der Waals surface area contributed by atoms with Crippen LogP contribution in [0, 0.1) is 11.3 Å². The summed E-state index contributed by atoms with van der Waals surface area (Å²) in [5.41, 5.74) is 1.68. The first kappa shape index (κ1) is 13.8. The van der Waals surface area contributed by atoms with Crippen LogP contribution in [0.5, 0.6) is 11.6 Å². The molecule has 5 nitrogen and oxygen atoms in total. The summed E-state index contributed by atoms with van der Waals surface area (Å²) in [6.07, 6.45) is 0. The summed E-state index contributed by atoms with van der Waals surface area (Å²) < 4.78 is 10.6. The van der Waals surface area contributed by atoms with Gasteiger partial charge in [0.2, 0.25) is 5.88 Å². The third kappa shape index (κ3) is 2.67. The van der Waals surface area contributed by atoms with Gasteiger partial charge in [-0.3, -0.25) is 0 Å². The number of fused-ring (bicyclic) bond motifs is 1. The van der Waals surface area contributed by atoms with Gasteiger partial charge in [-0.1, -0.05) is 12.1 Å². The van der Waals surface area contributed by atoms with E-state index in [9.17, 15) is 0 Å². The molecule has 1 aromatic heterocycles. The monoisotopic (exact) mass is 291 g/mol. The molecule has 22 heavy (non-hydrogen) atoms. The number of para-hydroxylation sites is 1. The lowest BCUT2D eigenvalue weighted by Crippen LogP contribution is -1.96. The van der Waals surface area contributed by atoms with Crippen molar-refractivity contribution < 1.29 is 9.47 Å². The largest absolute Gasteiger partial charge is 0.480 e. The molecule has 0 saturated heterocycles. The van der Waals surface area contributed by atoms with Crippen LogP contribution in [0.2, 0.25) is 0 Å². The number of hydrogen-bond donors (Lipinski definition) is 0. The Hall–Kier alpha value is -3.13. The second-order valence-corrected chi connectivity index (χ2v) is 4.54. The standard InChI is InChI=1S/C17H13N3O2/c1-21-17-14-4-2-3-5-15(14)19-16(20-17)12-6-8-13(9-7-12)22-11-10-18/h2-9H,11H2,1H3. The Morgan fingerprint density at radius 2 is 1.82 bits per heavy atom. The SMILES string of the molecule is COc1nc(-c2ccc(OCC#N)cc2)nc2ccccc12. The maximum Gasteiger partial charge on any atom is 0.224 e. The van der Waals surface area contributed by atoms with Gasteiger partial charge in [0.1, 0.15) is 11.8 Å². The molecule has 0 amide bonds. The summed E-state index contributed by atoms with van der Waals surface area (Å²) in [4.78, 5) is 9.02. The second-order valence-electron chi connectivity index (χ2n) is 4.54. The minimum atomic E-state index is 0.0274. The Kier molecular flexibility index (Phi) is 3.84. The number of nitrogens with zero attached hydrogens (tertiary/aromatic N) is 3. The lowest BCUT2D eigenvalue weighted by Gasteiger charge is -2.08. The summed E-state index contributed by atoms with van der Waals surface area (Å²) in [7, 11) is 1.59. The first-order chi connectivity index (χ1) is 10.8. The van der Waals surface area contributed by atoms with Gasteiger partial charge in [0.05, 0.1) is 18.0 Å². The molecular formula is C17H13N3O2. The Labute approximate surface area is 127 Å². The Morgan fingerprint density at radius 1 is 1.05 bits per heavy atom. The first-order valence-corrected chi connectivity index (χ1v) is 6.73. The van der Waals surface area contributed by atoms with Gasteiger partial charge in [0.15, 0.2) is 12.4 Å². The normalized spacial score (nSPS) is 10.2. The fraction of sp³-hybridized carbons (Fsp3) is 0.118. The highest BCUT2D eigenvalue weighted by atomic mass is 16.5. The van der Waals surface area contributed by atoms with Crippen LogP contribution in [0.3, 0.4) is 0 Å². The smallest absolute Gasteiger partial charge is 0.224 e. The van der Waals surface area contributed by atoms with E-state index in [2.05, 4.69) is 9.97 Å². The van der Waals surface area contributed by atoms with Gasteiger partial charge in [0, 0.05) is 5.56 Å². The molecule has 3 rings (SSSR count). The van der Waals surface area contributed by atoms with E-state index < -0.39 is 0 Å². The number of hydrogen-bond acceptors (Lipinski definition) is 5. The molecule has 0 atom stereocenters. The van der Waals surface area contributed by atoms with Crippen LogP contribution in [0.1, 0.15) is 0 Å². The highest BCUT2D eigenvalue weighted by Gasteiger charge is 2.09. The van der Waals surface area contributed by atoms with Gasteiger partial charge in [-0.05, 0) is 36.4 Å². The molecule has 108 valence electrons. The van der Waals surface area contributed by atoms with Crippen molar-refractivity contribution >= 4 is 10.9 Å². The summed E-state index contributed by atoms with van der Waals surface area (Å²) in [5, 5.41) is 9.39. The highest BCUT2D eigenvalue weighted by Crippen LogP contribution is 2.27. The van der Waals surface area contributed by atoms with E-state index in [1.165, 1.54) is 0 Å². The third-order valence-corrected chi connectivity index (χ3v) is 3.18. The molecule has 0 spiro atoms. The average Bonchev–Trinajstić information content (AvgIpc) is 2.59. The van der Waals surface area contributed by atoms with Gasteiger partial charge in [0.25, 0.3) is 0 Å². The Balaban J connectivity index is 2.01. The summed E-state index contributed by atoms with van der Waals surface area (Å²) in [6.45, 7) is 0.0274. The molecule has 0 N–H and O–H groups in total. The fourth-order valence-corrected chi connectivity index (χ4v) is 2.15. The van der Waals surface area contributed by atoms with Crippen molar-refractivity contribution in [2.45, 2.75) is 0 Å². The fourth-order valence-electron chi connectivity index (χ4n) is 2.15. The molecule has 0 bridgehead atoms. The first-order valence-electron chi connectivity index (χ1n) is 6.73. The third-order valence-electron chi connectivity index (χ3n) is 3.18. The lowest BCUT2D eigenvalue weighted by atomic mass is 10.2. The van der Waals surface area contributed by atoms with Crippen LogP contribution in [-0.2, 0) is 0 Å². The van der Waals surface area contributed by atoms with E-state index in [0.717, 1.165) is 16.5 Å². The molecule has 0 aliphatic carbocycles. The van der Waals surface area contributed by atoms with Gasteiger partial charge in [-0.2, -0.15) is 10.2 Å². The Morgan fingerprint density at radius 3 is 2.55 bits per heavy atom. The van der Waals surface area contributed by atoms with Crippen LogP contribution in [0.4, 0.5) is 0 Å². The minimum Gasteiger partial charge on any atom is -0.480 e. The molecule has 1 heterocycles. The molecule has 2 aromatic carbocycles. The van der Waals surface area contributed by atoms with Gasteiger partial charge >= 0.3 is 0 Å². The molecule has 0 saturated carbocycles. The lowest BCUT2D eigenvalue weighted by molar-refractivity contribution is 0.368. The van der Waals surface area contributed by atoms with E-state index in [4.69, 9.17) is 14.7 Å². The maximum atomic E-state index is 8.51.